The number of hydrogen-bond donors (Lipinski definition) is 4. The van der Waals surface area contributed by atoms with Crippen molar-refractivity contribution in [2.24, 2.45) is 5.92 Å². The topological polar surface area (TPSA) is 154 Å². The molecule has 12 heteroatoms. The second-order valence-electron chi connectivity index (χ2n) is 11.1. The maximum atomic E-state index is 12.4. The Kier molecular flexibility index (Phi) is 12.4. The molecule has 236 valence electrons. The fourth-order valence-corrected chi connectivity index (χ4v) is 6.02. The summed E-state index contributed by atoms with van der Waals surface area (Å²) in [6.45, 7) is 3.14. The van der Waals surface area contributed by atoms with Crippen LogP contribution in [0.2, 0.25) is 0 Å². The Morgan fingerprint density at radius 2 is 1.64 bits per heavy atom. The molecule has 0 radical (unpaired) electrons. The predicted molar refractivity (Wildman–Crippen MR) is 167 cm³/mol. The van der Waals surface area contributed by atoms with Crippen molar-refractivity contribution in [1.29, 1.82) is 0 Å². The van der Waals surface area contributed by atoms with Crippen molar-refractivity contribution < 1.29 is 28.3 Å². The summed E-state index contributed by atoms with van der Waals surface area (Å²) in [5, 5.41) is 19.8. The van der Waals surface area contributed by atoms with Gasteiger partial charge in [0.15, 0.2) is 0 Å². The number of rotatable bonds is 14. The van der Waals surface area contributed by atoms with Crippen LogP contribution in [0.5, 0.6) is 0 Å². The van der Waals surface area contributed by atoms with E-state index in [4.69, 9.17) is 0 Å². The minimum absolute atomic E-state index is 0.106. The predicted octanol–water partition coefficient (Wildman–Crippen LogP) is 1.62. The summed E-state index contributed by atoms with van der Waals surface area (Å²) in [6.07, 6.45) is 0.139. The van der Waals surface area contributed by atoms with Gasteiger partial charge in [0.1, 0.15) is 6.10 Å². The molecule has 0 bridgehead atoms. The van der Waals surface area contributed by atoms with Crippen molar-refractivity contribution in [3.05, 3.63) is 83.9 Å². The van der Waals surface area contributed by atoms with Gasteiger partial charge >= 0.3 is 0 Å². The first-order valence-corrected chi connectivity index (χ1v) is 15.8. The minimum Gasteiger partial charge on any atom is -0.760 e. The number of carbonyl (C=O) groups is 3. The first-order chi connectivity index (χ1) is 21.2. The molecule has 1 fully saturated rings. The lowest BCUT2D eigenvalue weighted by Crippen LogP contribution is -2.47. The lowest BCUT2D eigenvalue weighted by molar-refractivity contribution is -0.130. The van der Waals surface area contributed by atoms with Crippen LogP contribution in [-0.2, 0) is 32.2 Å². The van der Waals surface area contributed by atoms with Crippen LogP contribution in [-0.4, -0.2) is 86.2 Å². The standard InChI is InChI=1S/C32H41N5O6S/c1-23(27-13-7-11-26-10-5-6-12-28(26)27)36-16-14-25(15-17-36)21-37(44(42)43)22-31(40)34-20-30(39)33-19-29(38)32(41)35-18-24-8-3-2-4-9-24/h2-13,23,25,29,38H,14-22H2,1H3,(H,33,39)(H,34,40)(H,35,41)(H,42,43)/p-1. The maximum Gasteiger partial charge on any atom is 0.250 e. The number of benzene rings is 3. The zero-order valence-corrected chi connectivity index (χ0v) is 25.6. The van der Waals surface area contributed by atoms with E-state index in [1.54, 1.807) is 0 Å². The van der Waals surface area contributed by atoms with E-state index in [9.17, 15) is 28.3 Å². The van der Waals surface area contributed by atoms with E-state index >= 15 is 0 Å². The summed E-state index contributed by atoms with van der Waals surface area (Å²) in [7, 11) is 0. The highest BCUT2D eigenvalue weighted by Crippen LogP contribution is 2.31. The summed E-state index contributed by atoms with van der Waals surface area (Å²) in [6, 6.07) is 24.1. The minimum atomic E-state index is -2.60. The lowest BCUT2D eigenvalue weighted by Gasteiger charge is -2.38. The molecule has 0 aliphatic carbocycles. The molecule has 1 heterocycles. The Bertz CT molecular complexity index is 1430. The molecule has 1 aliphatic rings. The molecule has 3 unspecified atom stereocenters. The molecule has 0 aromatic heterocycles. The molecule has 3 aromatic rings. The summed E-state index contributed by atoms with van der Waals surface area (Å²) in [5.74, 6) is -1.77. The van der Waals surface area contributed by atoms with E-state index in [2.05, 4.69) is 58.1 Å². The quantitative estimate of drug-likeness (QED) is 0.199. The number of aliphatic hydroxyl groups excluding tert-OH is 1. The molecule has 4 N–H and O–H groups in total. The number of aliphatic hydroxyl groups is 1. The monoisotopic (exact) mass is 622 g/mol. The van der Waals surface area contributed by atoms with Gasteiger partial charge in [-0.3, -0.25) is 23.5 Å². The van der Waals surface area contributed by atoms with Gasteiger partial charge in [-0.15, -0.1) is 0 Å². The van der Waals surface area contributed by atoms with Crippen LogP contribution in [0, 0.1) is 5.92 Å². The van der Waals surface area contributed by atoms with Crippen LogP contribution in [0.4, 0.5) is 0 Å². The molecule has 44 heavy (non-hydrogen) atoms. The van der Waals surface area contributed by atoms with Gasteiger partial charge in [0.2, 0.25) is 11.8 Å². The van der Waals surface area contributed by atoms with E-state index in [0.29, 0.717) is 0 Å². The number of amides is 3. The second kappa shape index (κ2) is 16.4. The normalized spacial score (nSPS) is 16.3. The smallest absolute Gasteiger partial charge is 0.250 e. The largest absolute Gasteiger partial charge is 0.760 e. The molecular weight excluding hydrogens is 582 g/mol. The van der Waals surface area contributed by atoms with E-state index in [1.807, 2.05) is 42.5 Å². The summed E-state index contributed by atoms with van der Waals surface area (Å²) >= 11 is -2.60. The van der Waals surface area contributed by atoms with Crippen LogP contribution in [0.15, 0.2) is 72.8 Å². The molecule has 11 nitrogen and oxygen atoms in total. The summed E-state index contributed by atoms with van der Waals surface area (Å²) in [5.41, 5.74) is 2.13. The van der Waals surface area contributed by atoms with Gasteiger partial charge in [0.25, 0.3) is 5.91 Å². The number of carbonyl (C=O) groups excluding carboxylic acids is 3. The van der Waals surface area contributed by atoms with Gasteiger partial charge < -0.3 is 25.6 Å². The van der Waals surface area contributed by atoms with Crippen molar-refractivity contribution in [1.82, 2.24) is 25.2 Å². The fourth-order valence-electron chi connectivity index (χ4n) is 5.46. The molecule has 1 saturated heterocycles. The van der Waals surface area contributed by atoms with Crippen LogP contribution >= 0.6 is 0 Å². The third-order valence-electron chi connectivity index (χ3n) is 8.01. The Hall–Kier alpha value is -3.68. The Labute approximate surface area is 260 Å². The van der Waals surface area contributed by atoms with Gasteiger partial charge in [-0.25, -0.2) is 4.31 Å². The SMILES string of the molecule is CC(c1cccc2ccccc12)N1CCC(CN(CC(=O)NCC(=O)NCC(O)C(=O)NCc2ccccc2)S(=O)[O-])CC1. The van der Waals surface area contributed by atoms with Crippen LogP contribution in [0.3, 0.4) is 0 Å². The van der Waals surface area contributed by atoms with Crippen LogP contribution < -0.4 is 16.0 Å². The van der Waals surface area contributed by atoms with Crippen molar-refractivity contribution in [3.8, 4) is 0 Å². The zero-order chi connectivity index (χ0) is 31.5. The van der Waals surface area contributed by atoms with Crippen LogP contribution in [0.1, 0.15) is 36.9 Å². The third-order valence-corrected chi connectivity index (χ3v) is 8.71. The molecule has 4 rings (SSSR count). The van der Waals surface area contributed by atoms with E-state index in [-0.39, 0.29) is 31.6 Å². The van der Waals surface area contributed by atoms with Crippen molar-refractivity contribution >= 4 is 39.8 Å². The average molecular weight is 623 g/mol. The summed E-state index contributed by atoms with van der Waals surface area (Å²) in [4.78, 5) is 39.1. The van der Waals surface area contributed by atoms with Crippen LogP contribution in [0.25, 0.3) is 10.8 Å². The van der Waals surface area contributed by atoms with Crippen molar-refractivity contribution in [2.75, 3.05) is 39.3 Å². The van der Waals surface area contributed by atoms with Gasteiger partial charge in [-0.2, -0.15) is 0 Å². The lowest BCUT2D eigenvalue weighted by atomic mass is 9.93. The van der Waals surface area contributed by atoms with Gasteiger partial charge in [0, 0.05) is 30.4 Å². The van der Waals surface area contributed by atoms with Gasteiger partial charge in [-0.05, 0) is 60.7 Å². The third kappa shape index (κ3) is 9.66. The first kappa shape index (κ1) is 33.2. The molecular formula is C32H40N5O6S-. The van der Waals surface area contributed by atoms with Gasteiger partial charge in [0.05, 0.1) is 19.6 Å². The maximum absolute atomic E-state index is 12.4. The number of likely N-dealkylation sites (tertiary alicyclic amines) is 1. The first-order valence-electron chi connectivity index (χ1n) is 14.8. The highest BCUT2D eigenvalue weighted by Gasteiger charge is 2.27. The molecule has 3 atom stereocenters. The number of fused-ring (bicyclic) bond motifs is 1. The summed E-state index contributed by atoms with van der Waals surface area (Å²) < 4.78 is 24.9. The molecule has 1 aliphatic heterocycles. The fraction of sp³-hybridized carbons (Fsp3) is 0.406. The Morgan fingerprint density at radius 1 is 0.955 bits per heavy atom. The van der Waals surface area contributed by atoms with E-state index < -0.39 is 48.2 Å². The highest BCUT2D eigenvalue weighted by molar-refractivity contribution is 7.76. The Morgan fingerprint density at radius 3 is 2.36 bits per heavy atom. The highest BCUT2D eigenvalue weighted by atomic mass is 32.2. The number of nitrogens with zero attached hydrogens (tertiary/aromatic N) is 2. The van der Waals surface area contributed by atoms with E-state index in [1.165, 1.54) is 16.3 Å². The zero-order valence-electron chi connectivity index (χ0n) is 24.8. The van der Waals surface area contributed by atoms with Crippen molar-refractivity contribution in [2.45, 2.75) is 38.5 Å². The van der Waals surface area contributed by atoms with Crippen molar-refractivity contribution in [3.63, 3.8) is 0 Å². The molecule has 0 spiro atoms. The second-order valence-corrected chi connectivity index (χ2v) is 12.0. The molecule has 3 aromatic carbocycles. The van der Waals surface area contributed by atoms with E-state index in [0.717, 1.165) is 35.8 Å². The van der Waals surface area contributed by atoms with Gasteiger partial charge in [-0.1, -0.05) is 72.8 Å². The average Bonchev–Trinajstić information content (AvgIpc) is 3.05. The Balaban J connectivity index is 1.16. The number of nitrogens with one attached hydrogen (secondary N) is 3. The molecule has 0 saturated carbocycles. The number of hydrogen-bond acceptors (Lipinski definition) is 7. The number of piperidine rings is 1. The molecule has 3 amide bonds.